The first kappa shape index (κ1) is 17.0. The summed E-state index contributed by atoms with van der Waals surface area (Å²) in [5.41, 5.74) is 2.86. The highest BCUT2D eigenvalue weighted by molar-refractivity contribution is 7.93. The Hall–Kier alpha value is -2.45. The first-order valence-electron chi connectivity index (χ1n) is 8.22. The second-order valence-corrected chi connectivity index (χ2v) is 9.23. The van der Waals surface area contributed by atoms with Gasteiger partial charge in [-0.25, -0.2) is 13.4 Å². The van der Waals surface area contributed by atoms with Crippen LogP contribution in [0, 0.1) is 6.92 Å². The fourth-order valence-corrected chi connectivity index (χ4v) is 5.54. The molecule has 26 heavy (non-hydrogen) atoms. The van der Waals surface area contributed by atoms with Crippen LogP contribution < -0.4 is 9.62 Å². The Morgan fingerprint density at radius 1 is 1.23 bits per heavy atom. The quantitative estimate of drug-likeness (QED) is 0.747. The van der Waals surface area contributed by atoms with Crippen LogP contribution in [0.3, 0.4) is 0 Å². The number of carbonyl (C=O) groups is 1. The molecule has 2 heterocycles. The third-order valence-corrected chi connectivity index (χ3v) is 7.14. The average Bonchev–Trinajstić information content (AvgIpc) is 3.18. The zero-order chi connectivity index (χ0) is 18.3. The Balaban J connectivity index is 1.60. The first-order chi connectivity index (χ1) is 12.4. The molecule has 1 saturated heterocycles. The minimum Gasteiger partial charge on any atom is -0.298 e. The van der Waals surface area contributed by atoms with Crippen LogP contribution in [0.1, 0.15) is 22.3 Å². The number of nitrogens with one attached hydrogen (secondary N) is 1. The molecule has 2 aromatic carbocycles. The fourth-order valence-electron chi connectivity index (χ4n) is 3.04. The smallest absolute Gasteiger partial charge is 0.257 e. The molecule has 0 radical (unpaired) electrons. The number of rotatable bonds is 3. The fraction of sp³-hybridized carbons (Fsp3) is 0.222. The molecule has 0 saturated carbocycles. The van der Waals surface area contributed by atoms with Crippen LogP contribution in [0.2, 0.25) is 0 Å². The largest absolute Gasteiger partial charge is 0.298 e. The lowest BCUT2D eigenvalue weighted by atomic mass is 10.2. The molecule has 1 fully saturated rings. The molecule has 3 aromatic rings. The van der Waals surface area contributed by atoms with Crippen LogP contribution in [0.5, 0.6) is 0 Å². The van der Waals surface area contributed by atoms with Crippen LogP contribution >= 0.6 is 11.3 Å². The minimum atomic E-state index is -3.27. The van der Waals surface area contributed by atoms with E-state index >= 15 is 0 Å². The Labute approximate surface area is 155 Å². The van der Waals surface area contributed by atoms with Gasteiger partial charge in [-0.15, -0.1) is 0 Å². The number of carbonyl (C=O) groups excluding carboxylic acids is 1. The highest BCUT2D eigenvalue weighted by Crippen LogP contribution is 2.29. The van der Waals surface area contributed by atoms with E-state index in [-0.39, 0.29) is 11.7 Å². The summed E-state index contributed by atoms with van der Waals surface area (Å²) in [5, 5.41) is 3.34. The van der Waals surface area contributed by atoms with Crippen LogP contribution in [-0.4, -0.2) is 31.6 Å². The van der Waals surface area contributed by atoms with E-state index in [1.807, 2.05) is 25.1 Å². The van der Waals surface area contributed by atoms with Gasteiger partial charge in [-0.05, 0) is 43.2 Å². The van der Waals surface area contributed by atoms with Gasteiger partial charge in [0.15, 0.2) is 5.13 Å². The van der Waals surface area contributed by atoms with Crippen LogP contribution in [-0.2, 0) is 10.0 Å². The van der Waals surface area contributed by atoms with Gasteiger partial charge in [0.25, 0.3) is 5.91 Å². The van der Waals surface area contributed by atoms with Crippen molar-refractivity contribution < 1.29 is 13.2 Å². The predicted molar refractivity (Wildman–Crippen MR) is 105 cm³/mol. The van der Waals surface area contributed by atoms with Crippen molar-refractivity contribution in [2.45, 2.75) is 13.3 Å². The Morgan fingerprint density at radius 3 is 2.77 bits per heavy atom. The zero-order valence-corrected chi connectivity index (χ0v) is 15.7. The van der Waals surface area contributed by atoms with Crippen molar-refractivity contribution in [2.24, 2.45) is 0 Å². The number of anilines is 2. The van der Waals surface area contributed by atoms with Gasteiger partial charge >= 0.3 is 0 Å². The van der Waals surface area contributed by atoms with Gasteiger partial charge in [0.05, 0.1) is 21.7 Å². The SMILES string of the molecule is Cc1cccc2sc(NC(=O)c3cccc(N4CCCS4(=O)=O)c3)nc12. The molecule has 0 unspecified atom stereocenters. The highest BCUT2D eigenvalue weighted by Gasteiger charge is 2.28. The summed E-state index contributed by atoms with van der Waals surface area (Å²) in [6, 6.07) is 12.6. The first-order valence-corrected chi connectivity index (χ1v) is 10.6. The molecule has 6 nitrogen and oxygen atoms in total. The minimum absolute atomic E-state index is 0.147. The molecule has 8 heteroatoms. The van der Waals surface area contributed by atoms with E-state index in [0.717, 1.165) is 15.8 Å². The monoisotopic (exact) mass is 387 g/mol. The van der Waals surface area contributed by atoms with Crippen molar-refractivity contribution in [1.29, 1.82) is 0 Å². The second kappa shape index (κ2) is 6.37. The van der Waals surface area contributed by atoms with E-state index in [9.17, 15) is 13.2 Å². The van der Waals surface area contributed by atoms with Crippen LogP contribution in [0.25, 0.3) is 10.2 Å². The summed E-state index contributed by atoms with van der Waals surface area (Å²) in [5.74, 6) is -0.158. The summed E-state index contributed by atoms with van der Waals surface area (Å²) in [7, 11) is -3.27. The summed E-state index contributed by atoms with van der Waals surface area (Å²) < 4.78 is 26.5. The summed E-state index contributed by atoms with van der Waals surface area (Å²) >= 11 is 1.41. The third-order valence-electron chi connectivity index (χ3n) is 4.34. The Morgan fingerprint density at radius 2 is 2.04 bits per heavy atom. The lowest BCUT2D eigenvalue weighted by Crippen LogP contribution is -2.25. The molecule has 0 bridgehead atoms. The highest BCUT2D eigenvalue weighted by atomic mass is 32.2. The van der Waals surface area contributed by atoms with Crippen molar-refractivity contribution in [1.82, 2.24) is 4.98 Å². The van der Waals surface area contributed by atoms with Crippen molar-refractivity contribution in [3.63, 3.8) is 0 Å². The summed E-state index contributed by atoms with van der Waals surface area (Å²) in [6.45, 7) is 2.43. The number of amides is 1. The normalized spacial score (nSPS) is 16.1. The number of aromatic nitrogens is 1. The van der Waals surface area contributed by atoms with E-state index in [0.29, 0.717) is 29.3 Å². The molecule has 134 valence electrons. The lowest BCUT2D eigenvalue weighted by molar-refractivity contribution is 0.102. The number of hydrogen-bond donors (Lipinski definition) is 1. The van der Waals surface area contributed by atoms with E-state index < -0.39 is 10.0 Å². The van der Waals surface area contributed by atoms with Crippen molar-refractivity contribution in [3.05, 3.63) is 53.6 Å². The summed E-state index contributed by atoms with van der Waals surface area (Å²) in [6.07, 6.45) is 0.601. The van der Waals surface area contributed by atoms with Gasteiger partial charge in [-0.3, -0.25) is 14.4 Å². The number of para-hydroxylation sites is 1. The maximum Gasteiger partial charge on any atom is 0.257 e. The van der Waals surface area contributed by atoms with Gasteiger partial charge in [0.2, 0.25) is 10.0 Å². The molecule has 0 spiro atoms. The second-order valence-electron chi connectivity index (χ2n) is 6.19. The van der Waals surface area contributed by atoms with Gasteiger partial charge in [-0.1, -0.05) is 29.5 Å². The predicted octanol–water partition coefficient (Wildman–Crippen LogP) is 3.40. The summed E-state index contributed by atoms with van der Waals surface area (Å²) in [4.78, 5) is 17.1. The number of aryl methyl sites for hydroxylation is 1. The van der Waals surface area contributed by atoms with Crippen LogP contribution in [0.15, 0.2) is 42.5 Å². The molecule has 1 amide bonds. The lowest BCUT2D eigenvalue weighted by Gasteiger charge is -2.17. The molecular weight excluding hydrogens is 370 g/mol. The van der Waals surface area contributed by atoms with E-state index in [1.54, 1.807) is 24.3 Å². The molecule has 1 aromatic heterocycles. The number of hydrogen-bond acceptors (Lipinski definition) is 5. The number of thiazole rings is 1. The number of fused-ring (bicyclic) bond motifs is 1. The van der Waals surface area contributed by atoms with Gasteiger partial charge in [0.1, 0.15) is 0 Å². The Bertz CT molecular complexity index is 1110. The van der Waals surface area contributed by atoms with E-state index in [1.165, 1.54) is 15.6 Å². The molecule has 1 N–H and O–H groups in total. The number of benzene rings is 2. The molecule has 1 aliphatic rings. The molecular formula is C18H17N3O3S2. The van der Waals surface area contributed by atoms with Crippen LogP contribution in [0.4, 0.5) is 10.8 Å². The number of nitrogens with zero attached hydrogens (tertiary/aromatic N) is 2. The van der Waals surface area contributed by atoms with Gasteiger partial charge < -0.3 is 0 Å². The molecule has 4 rings (SSSR count). The van der Waals surface area contributed by atoms with Crippen molar-refractivity contribution in [3.8, 4) is 0 Å². The maximum atomic E-state index is 12.6. The topological polar surface area (TPSA) is 79.4 Å². The Kier molecular flexibility index (Phi) is 4.16. The van der Waals surface area contributed by atoms with Gasteiger partial charge in [-0.2, -0.15) is 0 Å². The molecule has 0 atom stereocenters. The van der Waals surface area contributed by atoms with Gasteiger partial charge in [0, 0.05) is 12.1 Å². The van der Waals surface area contributed by atoms with E-state index in [4.69, 9.17) is 0 Å². The van der Waals surface area contributed by atoms with Crippen molar-refractivity contribution in [2.75, 3.05) is 21.9 Å². The number of sulfonamides is 1. The standard InChI is InChI=1S/C18H17N3O3S2/c1-12-5-2-8-15-16(12)19-18(25-15)20-17(22)13-6-3-7-14(11-13)21-9-4-10-26(21,23)24/h2-3,5-8,11H,4,9-10H2,1H3,(H,19,20,22). The van der Waals surface area contributed by atoms with Crippen molar-refractivity contribution >= 4 is 48.3 Å². The average molecular weight is 387 g/mol. The molecule has 1 aliphatic heterocycles. The maximum absolute atomic E-state index is 12.6. The third kappa shape index (κ3) is 3.06. The molecule has 0 aliphatic carbocycles. The zero-order valence-electron chi connectivity index (χ0n) is 14.1. The van der Waals surface area contributed by atoms with E-state index in [2.05, 4.69) is 10.3 Å².